The Morgan fingerprint density at radius 1 is 0.750 bits per heavy atom. The molecule has 0 aliphatic carbocycles. The molecule has 36 heavy (non-hydrogen) atoms. The molecular formula is C32H54O2Si2. The molecule has 0 fully saturated rings. The Labute approximate surface area is 225 Å². The van der Waals surface area contributed by atoms with Crippen LogP contribution in [-0.4, -0.2) is 28.0 Å². The SMILES string of the molecule is CCCCCCCC(CCO[Si](C)(C)C(C)(C)C)CC(C)(C)[Si](O)(c1ccccc1)c1ccccc1. The first kappa shape index (κ1) is 31.0. The van der Waals surface area contributed by atoms with E-state index in [1.807, 2.05) is 12.1 Å². The van der Waals surface area contributed by atoms with Crippen molar-refractivity contribution in [2.75, 3.05) is 6.61 Å². The first-order valence-corrected chi connectivity index (χ1v) is 19.2. The Morgan fingerprint density at radius 2 is 1.25 bits per heavy atom. The summed E-state index contributed by atoms with van der Waals surface area (Å²) in [5.41, 5.74) is 0. The Bertz CT molecular complexity index is 833. The van der Waals surface area contributed by atoms with Gasteiger partial charge in [-0.25, -0.2) is 0 Å². The molecule has 2 aromatic rings. The van der Waals surface area contributed by atoms with Crippen LogP contribution in [0.1, 0.15) is 92.9 Å². The van der Waals surface area contributed by atoms with Gasteiger partial charge in [-0.15, -0.1) is 0 Å². The van der Waals surface area contributed by atoms with Gasteiger partial charge in [0.25, 0.3) is 8.32 Å². The maximum atomic E-state index is 12.6. The Morgan fingerprint density at radius 3 is 1.72 bits per heavy atom. The number of hydrogen-bond acceptors (Lipinski definition) is 2. The molecule has 0 amide bonds. The Hall–Kier alpha value is -1.21. The predicted molar refractivity (Wildman–Crippen MR) is 163 cm³/mol. The zero-order valence-corrected chi connectivity index (χ0v) is 26.6. The quantitative estimate of drug-likeness (QED) is 0.187. The van der Waals surface area contributed by atoms with Crippen molar-refractivity contribution >= 4 is 27.0 Å². The fourth-order valence-electron chi connectivity index (χ4n) is 5.26. The number of benzene rings is 2. The van der Waals surface area contributed by atoms with Crippen molar-refractivity contribution in [1.29, 1.82) is 0 Å². The second kappa shape index (κ2) is 13.5. The molecule has 0 aromatic heterocycles. The van der Waals surface area contributed by atoms with Crippen LogP contribution < -0.4 is 10.4 Å². The zero-order valence-electron chi connectivity index (χ0n) is 24.6. The summed E-state index contributed by atoms with van der Waals surface area (Å²) in [4.78, 5) is 12.6. The summed E-state index contributed by atoms with van der Waals surface area (Å²) >= 11 is 0. The van der Waals surface area contributed by atoms with Gasteiger partial charge >= 0.3 is 0 Å². The van der Waals surface area contributed by atoms with Crippen LogP contribution in [0.25, 0.3) is 0 Å². The third-order valence-electron chi connectivity index (χ3n) is 8.67. The van der Waals surface area contributed by atoms with Gasteiger partial charge in [0, 0.05) is 6.61 Å². The topological polar surface area (TPSA) is 29.5 Å². The highest BCUT2D eigenvalue weighted by atomic mass is 28.4. The molecule has 2 rings (SSSR count). The number of unbranched alkanes of at least 4 members (excludes halogenated alkanes) is 4. The lowest BCUT2D eigenvalue weighted by Gasteiger charge is -2.43. The Kier molecular flexibility index (Phi) is 11.7. The molecule has 0 saturated heterocycles. The van der Waals surface area contributed by atoms with Crippen molar-refractivity contribution in [2.45, 2.75) is 116 Å². The fourth-order valence-corrected chi connectivity index (χ4v) is 10.1. The summed E-state index contributed by atoms with van der Waals surface area (Å²) < 4.78 is 6.63. The maximum absolute atomic E-state index is 12.6. The Balaban J connectivity index is 2.28. The van der Waals surface area contributed by atoms with Crippen LogP contribution in [0.3, 0.4) is 0 Å². The molecule has 4 heteroatoms. The van der Waals surface area contributed by atoms with Gasteiger partial charge < -0.3 is 9.22 Å². The summed E-state index contributed by atoms with van der Waals surface area (Å²) in [5.74, 6) is 0.554. The zero-order chi connectivity index (χ0) is 26.9. The van der Waals surface area contributed by atoms with Crippen LogP contribution in [0, 0.1) is 5.92 Å². The van der Waals surface area contributed by atoms with Gasteiger partial charge in [0.15, 0.2) is 8.32 Å². The average Bonchev–Trinajstić information content (AvgIpc) is 2.83. The van der Waals surface area contributed by atoms with Gasteiger partial charge in [0.1, 0.15) is 0 Å². The minimum Gasteiger partial charge on any atom is -0.424 e. The molecule has 0 bridgehead atoms. The van der Waals surface area contributed by atoms with Gasteiger partial charge in [-0.05, 0) is 52.3 Å². The van der Waals surface area contributed by atoms with Gasteiger partial charge in [-0.3, -0.25) is 0 Å². The van der Waals surface area contributed by atoms with Crippen molar-refractivity contribution in [3.63, 3.8) is 0 Å². The van der Waals surface area contributed by atoms with E-state index in [0.717, 1.165) is 29.8 Å². The largest absolute Gasteiger partial charge is 0.424 e. The molecule has 0 aliphatic heterocycles. The van der Waals surface area contributed by atoms with E-state index in [1.165, 1.54) is 38.5 Å². The molecule has 1 unspecified atom stereocenters. The molecule has 1 N–H and O–H groups in total. The maximum Gasteiger partial charge on any atom is 0.258 e. The average molecular weight is 527 g/mol. The van der Waals surface area contributed by atoms with Crippen molar-refractivity contribution in [3.05, 3.63) is 60.7 Å². The predicted octanol–water partition coefficient (Wildman–Crippen LogP) is 8.30. The van der Waals surface area contributed by atoms with Crippen LogP contribution in [0.2, 0.25) is 23.2 Å². The van der Waals surface area contributed by atoms with E-state index in [-0.39, 0.29) is 10.1 Å². The van der Waals surface area contributed by atoms with E-state index in [1.54, 1.807) is 0 Å². The van der Waals surface area contributed by atoms with Crippen LogP contribution in [0.5, 0.6) is 0 Å². The highest BCUT2D eigenvalue weighted by Gasteiger charge is 2.50. The van der Waals surface area contributed by atoms with Crippen molar-refractivity contribution in [1.82, 2.24) is 0 Å². The van der Waals surface area contributed by atoms with Crippen LogP contribution in [0.4, 0.5) is 0 Å². The standard InChI is InChI=1S/C32H54O2Si2/c1-9-10-11-12-15-20-28(25-26-34-35(7,8)31(2,3)4)27-32(5,6)36(33,29-21-16-13-17-22-29)30-23-18-14-19-24-30/h13-14,16-19,21-24,28,33H,9-12,15,20,25-27H2,1-8H3. The lowest BCUT2D eigenvalue weighted by atomic mass is 9.89. The third-order valence-corrected chi connectivity index (χ3v) is 17.7. The minimum absolute atomic E-state index is 0.208. The second-order valence-corrected chi connectivity index (χ2v) is 21.7. The lowest BCUT2D eigenvalue weighted by molar-refractivity contribution is 0.232. The van der Waals surface area contributed by atoms with Crippen molar-refractivity contribution < 1.29 is 9.22 Å². The molecule has 0 spiro atoms. The molecule has 2 nitrogen and oxygen atoms in total. The monoisotopic (exact) mass is 526 g/mol. The van der Waals surface area contributed by atoms with Crippen LogP contribution in [0.15, 0.2) is 60.7 Å². The first-order valence-electron chi connectivity index (χ1n) is 14.3. The van der Waals surface area contributed by atoms with Crippen molar-refractivity contribution in [2.24, 2.45) is 5.92 Å². The van der Waals surface area contributed by atoms with Crippen molar-refractivity contribution in [3.8, 4) is 0 Å². The lowest BCUT2D eigenvalue weighted by Crippen LogP contribution is -2.65. The highest BCUT2D eigenvalue weighted by Crippen LogP contribution is 2.44. The van der Waals surface area contributed by atoms with Gasteiger partial charge in [0.05, 0.1) is 0 Å². The third kappa shape index (κ3) is 8.15. The smallest absolute Gasteiger partial charge is 0.258 e. The fraction of sp³-hybridized carbons (Fsp3) is 0.625. The van der Waals surface area contributed by atoms with Crippen LogP contribution >= 0.6 is 0 Å². The molecule has 0 heterocycles. The van der Waals surface area contributed by atoms with E-state index < -0.39 is 16.6 Å². The molecule has 0 saturated carbocycles. The summed E-state index contributed by atoms with van der Waals surface area (Å²) in [6.07, 6.45) is 9.86. The molecular weight excluding hydrogens is 473 g/mol. The normalized spacial score (nSPS) is 14.1. The van der Waals surface area contributed by atoms with E-state index in [4.69, 9.17) is 4.43 Å². The molecule has 2 aromatic carbocycles. The highest BCUT2D eigenvalue weighted by molar-refractivity contribution is 6.98. The summed E-state index contributed by atoms with van der Waals surface area (Å²) in [6.45, 7) is 19.4. The van der Waals surface area contributed by atoms with Crippen LogP contribution in [-0.2, 0) is 4.43 Å². The number of rotatable bonds is 15. The van der Waals surface area contributed by atoms with E-state index in [0.29, 0.717) is 5.92 Å². The molecule has 0 aliphatic rings. The second-order valence-electron chi connectivity index (χ2n) is 13.0. The van der Waals surface area contributed by atoms with Gasteiger partial charge in [-0.1, -0.05) is 141 Å². The summed E-state index contributed by atoms with van der Waals surface area (Å²) in [5, 5.41) is 2.25. The summed E-state index contributed by atoms with van der Waals surface area (Å²) in [6, 6.07) is 21.0. The molecule has 0 radical (unpaired) electrons. The van der Waals surface area contributed by atoms with E-state index in [2.05, 4.69) is 103 Å². The summed E-state index contributed by atoms with van der Waals surface area (Å²) in [7, 11) is -4.75. The van der Waals surface area contributed by atoms with Gasteiger partial charge in [-0.2, -0.15) is 0 Å². The first-order chi connectivity index (χ1) is 16.8. The molecule has 202 valence electrons. The van der Waals surface area contributed by atoms with E-state index in [9.17, 15) is 4.80 Å². The number of hydrogen-bond donors (Lipinski definition) is 1. The van der Waals surface area contributed by atoms with E-state index >= 15 is 0 Å². The molecule has 1 atom stereocenters. The van der Waals surface area contributed by atoms with Gasteiger partial charge in [0.2, 0.25) is 0 Å². The minimum atomic E-state index is -2.99.